The molecule has 0 N–H and O–H groups in total. The lowest BCUT2D eigenvalue weighted by atomic mass is 9.98. The van der Waals surface area contributed by atoms with Crippen molar-refractivity contribution in [2.75, 3.05) is 0 Å². The molecule has 0 bridgehead atoms. The minimum absolute atomic E-state index is 0.140. The van der Waals surface area contributed by atoms with Crippen molar-refractivity contribution in [3.05, 3.63) is 29.8 Å². The van der Waals surface area contributed by atoms with Gasteiger partial charge in [-0.15, -0.1) is 0 Å². The summed E-state index contributed by atoms with van der Waals surface area (Å²) in [5.41, 5.74) is -4.10. The summed E-state index contributed by atoms with van der Waals surface area (Å²) in [5.74, 6) is 0. The van der Waals surface area contributed by atoms with Crippen LogP contribution in [0.25, 0.3) is 0 Å². The summed E-state index contributed by atoms with van der Waals surface area (Å²) in [7, 11) is 0. The molecule has 16 heavy (non-hydrogen) atoms. The predicted octanol–water partition coefficient (Wildman–Crippen LogP) is 3.85. The molecule has 1 aliphatic carbocycles. The lowest BCUT2D eigenvalue weighted by molar-refractivity contribution is -0.0328. The highest BCUT2D eigenvalue weighted by Gasteiger charge is 2.45. The van der Waals surface area contributed by atoms with Crippen LogP contribution in [0.4, 0.5) is 13.2 Å². The molecule has 0 unspecified atom stereocenters. The molecule has 1 aliphatic rings. The topological polar surface area (TPSA) is 23.8 Å². The average Bonchev–Trinajstić information content (AvgIpc) is 2.96. The SMILES string of the molecule is N#CC1(c2cccc(SC(F)(F)F)c2)CC1. The second-order valence-electron chi connectivity index (χ2n) is 3.77. The van der Waals surface area contributed by atoms with Gasteiger partial charge in [0.25, 0.3) is 0 Å². The van der Waals surface area contributed by atoms with Gasteiger partial charge in [0.05, 0.1) is 11.5 Å². The molecule has 0 aliphatic heterocycles. The second kappa shape index (κ2) is 3.70. The molecule has 1 aromatic rings. The summed E-state index contributed by atoms with van der Waals surface area (Å²) < 4.78 is 36.5. The zero-order valence-corrected chi connectivity index (χ0v) is 9.03. The molecule has 0 heterocycles. The molecule has 1 fully saturated rings. The van der Waals surface area contributed by atoms with Gasteiger partial charge in [-0.1, -0.05) is 12.1 Å². The van der Waals surface area contributed by atoms with Crippen LogP contribution in [0.3, 0.4) is 0 Å². The summed E-state index contributed by atoms with van der Waals surface area (Å²) >= 11 is -0.140. The molecule has 1 nitrogen and oxygen atoms in total. The zero-order chi connectivity index (χ0) is 11.8. The Morgan fingerprint density at radius 3 is 2.50 bits per heavy atom. The summed E-state index contributed by atoms with van der Waals surface area (Å²) in [5, 5.41) is 8.95. The first-order valence-electron chi connectivity index (χ1n) is 4.73. The van der Waals surface area contributed by atoms with Crippen LogP contribution >= 0.6 is 11.8 Å². The van der Waals surface area contributed by atoms with Gasteiger partial charge in [-0.05, 0) is 42.3 Å². The lowest BCUT2D eigenvalue weighted by Crippen LogP contribution is -2.03. The Morgan fingerprint density at radius 1 is 1.31 bits per heavy atom. The molecule has 0 spiro atoms. The number of hydrogen-bond donors (Lipinski definition) is 0. The summed E-state index contributed by atoms with van der Waals surface area (Å²) in [6, 6.07) is 8.34. The maximum absolute atomic E-state index is 12.2. The van der Waals surface area contributed by atoms with E-state index in [1.54, 1.807) is 12.1 Å². The number of halogens is 3. The van der Waals surface area contributed by atoms with Crippen LogP contribution in [-0.4, -0.2) is 5.51 Å². The van der Waals surface area contributed by atoms with Gasteiger partial charge in [0, 0.05) is 4.90 Å². The third-order valence-electron chi connectivity index (χ3n) is 2.58. The van der Waals surface area contributed by atoms with Gasteiger partial charge in [-0.2, -0.15) is 18.4 Å². The van der Waals surface area contributed by atoms with E-state index in [1.807, 2.05) is 0 Å². The van der Waals surface area contributed by atoms with E-state index in [2.05, 4.69) is 6.07 Å². The number of alkyl halides is 3. The number of thioether (sulfide) groups is 1. The van der Waals surface area contributed by atoms with Crippen LogP contribution in [0, 0.1) is 11.3 Å². The molecular formula is C11H8F3NS. The van der Waals surface area contributed by atoms with Crippen molar-refractivity contribution in [3.63, 3.8) is 0 Å². The third kappa shape index (κ3) is 2.33. The van der Waals surface area contributed by atoms with E-state index in [0.29, 0.717) is 5.56 Å². The minimum atomic E-state index is -4.28. The number of nitriles is 1. The van der Waals surface area contributed by atoms with Crippen LogP contribution in [0.15, 0.2) is 29.2 Å². The highest BCUT2D eigenvalue weighted by atomic mass is 32.2. The molecule has 0 aromatic heterocycles. The van der Waals surface area contributed by atoms with E-state index >= 15 is 0 Å². The molecule has 0 saturated heterocycles. The summed E-state index contributed by atoms with van der Waals surface area (Å²) in [6.07, 6.45) is 1.48. The standard InChI is InChI=1S/C11H8F3NS/c12-11(13,14)16-9-3-1-2-8(6-9)10(7-15)4-5-10/h1-3,6H,4-5H2. The number of hydrogen-bond acceptors (Lipinski definition) is 2. The van der Waals surface area contributed by atoms with E-state index < -0.39 is 10.9 Å². The zero-order valence-electron chi connectivity index (χ0n) is 8.21. The van der Waals surface area contributed by atoms with E-state index in [4.69, 9.17) is 5.26 Å². The normalized spacial score (nSPS) is 17.9. The highest BCUT2D eigenvalue weighted by Crippen LogP contribution is 2.48. The Kier molecular flexibility index (Phi) is 2.62. The first kappa shape index (κ1) is 11.3. The largest absolute Gasteiger partial charge is 0.446 e. The fourth-order valence-corrected chi connectivity index (χ4v) is 2.18. The maximum atomic E-state index is 12.2. The third-order valence-corrected chi connectivity index (χ3v) is 3.31. The number of benzene rings is 1. The van der Waals surface area contributed by atoms with Crippen molar-refractivity contribution >= 4 is 11.8 Å². The van der Waals surface area contributed by atoms with Crippen molar-refractivity contribution in [3.8, 4) is 6.07 Å². The Balaban J connectivity index is 2.25. The van der Waals surface area contributed by atoms with Crippen LogP contribution < -0.4 is 0 Å². The Morgan fingerprint density at radius 2 is 2.00 bits per heavy atom. The van der Waals surface area contributed by atoms with E-state index in [-0.39, 0.29) is 16.7 Å². The van der Waals surface area contributed by atoms with E-state index in [1.165, 1.54) is 12.1 Å². The lowest BCUT2D eigenvalue weighted by Gasteiger charge is -2.09. The van der Waals surface area contributed by atoms with Gasteiger partial charge in [0.2, 0.25) is 0 Å². The molecule has 1 aromatic carbocycles. The van der Waals surface area contributed by atoms with Crippen LogP contribution in [0.1, 0.15) is 18.4 Å². The molecule has 0 atom stereocenters. The van der Waals surface area contributed by atoms with Crippen LogP contribution in [0.2, 0.25) is 0 Å². The fourth-order valence-electron chi connectivity index (χ4n) is 1.58. The van der Waals surface area contributed by atoms with Crippen LogP contribution in [-0.2, 0) is 5.41 Å². The molecular weight excluding hydrogens is 235 g/mol. The Bertz CT molecular complexity index is 443. The van der Waals surface area contributed by atoms with Crippen molar-refractivity contribution in [1.29, 1.82) is 5.26 Å². The van der Waals surface area contributed by atoms with Gasteiger partial charge < -0.3 is 0 Å². The monoisotopic (exact) mass is 243 g/mol. The smallest absolute Gasteiger partial charge is 0.197 e. The first-order chi connectivity index (χ1) is 7.45. The average molecular weight is 243 g/mol. The van der Waals surface area contributed by atoms with Crippen LogP contribution in [0.5, 0.6) is 0 Å². The summed E-state index contributed by atoms with van der Waals surface area (Å²) in [4.78, 5) is 0.145. The van der Waals surface area contributed by atoms with Crippen molar-refractivity contribution in [2.45, 2.75) is 28.7 Å². The molecule has 0 amide bonds. The fraction of sp³-hybridized carbons (Fsp3) is 0.364. The van der Waals surface area contributed by atoms with Crippen molar-refractivity contribution in [1.82, 2.24) is 0 Å². The van der Waals surface area contributed by atoms with E-state index in [9.17, 15) is 13.2 Å². The second-order valence-corrected chi connectivity index (χ2v) is 4.91. The van der Waals surface area contributed by atoms with Gasteiger partial charge in [0.1, 0.15) is 0 Å². The summed E-state index contributed by atoms with van der Waals surface area (Å²) in [6.45, 7) is 0. The first-order valence-corrected chi connectivity index (χ1v) is 5.54. The van der Waals surface area contributed by atoms with Crippen molar-refractivity contribution in [2.24, 2.45) is 0 Å². The van der Waals surface area contributed by atoms with Crippen molar-refractivity contribution < 1.29 is 13.2 Å². The van der Waals surface area contributed by atoms with Gasteiger partial charge >= 0.3 is 5.51 Å². The molecule has 1 saturated carbocycles. The minimum Gasteiger partial charge on any atom is -0.197 e. The Labute approximate surface area is 95.3 Å². The Hall–Kier alpha value is -1.15. The molecule has 5 heteroatoms. The highest BCUT2D eigenvalue weighted by molar-refractivity contribution is 8.00. The van der Waals surface area contributed by atoms with Gasteiger partial charge in [-0.25, -0.2) is 0 Å². The molecule has 0 radical (unpaired) electrons. The number of rotatable bonds is 2. The number of nitrogens with zero attached hydrogens (tertiary/aromatic N) is 1. The van der Waals surface area contributed by atoms with E-state index in [0.717, 1.165) is 12.8 Å². The molecule has 2 rings (SSSR count). The van der Waals surface area contributed by atoms with Gasteiger partial charge in [0.15, 0.2) is 0 Å². The maximum Gasteiger partial charge on any atom is 0.446 e. The van der Waals surface area contributed by atoms with Gasteiger partial charge in [-0.3, -0.25) is 0 Å². The predicted molar refractivity (Wildman–Crippen MR) is 54.9 cm³/mol. The molecule has 84 valence electrons. The quantitative estimate of drug-likeness (QED) is 0.736.